The van der Waals surface area contributed by atoms with Gasteiger partial charge in [-0.1, -0.05) is 0 Å². The molecule has 0 radical (unpaired) electrons. The normalized spacial score (nSPS) is 24.1. The minimum atomic E-state index is 0.154. The van der Waals surface area contributed by atoms with Crippen LogP contribution < -0.4 is 5.73 Å². The van der Waals surface area contributed by atoms with Gasteiger partial charge in [0.2, 0.25) is 5.91 Å². The third kappa shape index (κ3) is 3.05. The van der Waals surface area contributed by atoms with Crippen LogP contribution in [0.15, 0.2) is 35.1 Å². The Morgan fingerprint density at radius 2 is 1.93 bits per heavy atom. The van der Waals surface area contributed by atoms with Crippen molar-refractivity contribution in [2.45, 2.75) is 57.2 Å². The maximum Gasteiger partial charge on any atom is 0.229 e. The highest BCUT2D eigenvalue weighted by Crippen LogP contribution is 2.35. The maximum absolute atomic E-state index is 13.0. The van der Waals surface area contributed by atoms with Crippen LogP contribution in [0, 0.1) is 6.92 Å². The van der Waals surface area contributed by atoms with Crippen LogP contribution in [-0.2, 0) is 11.2 Å². The van der Waals surface area contributed by atoms with E-state index < -0.39 is 0 Å². The van der Waals surface area contributed by atoms with Crippen molar-refractivity contribution in [2.75, 3.05) is 0 Å². The number of piperidine rings is 1. The van der Waals surface area contributed by atoms with Gasteiger partial charge in [0.1, 0.15) is 0 Å². The number of pyridine rings is 2. The van der Waals surface area contributed by atoms with Gasteiger partial charge in [0.25, 0.3) is 0 Å². The molecule has 7 nitrogen and oxygen atoms in total. The fourth-order valence-electron chi connectivity index (χ4n) is 4.68. The molecule has 2 aliphatic rings. The number of carbonyl (C=O) groups excluding carboxylic acids is 1. The summed E-state index contributed by atoms with van der Waals surface area (Å²) in [5.41, 5.74) is 8.54. The first-order valence-corrected chi connectivity index (χ1v) is 9.81. The smallest absolute Gasteiger partial charge is 0.229 e. The zero-order valence-electron chi connectivity index (χ0n) is 15.8. The number of amides is 1. The molecule has 3 atom stereocenters. The molecule has 2 saturated heterocycles. The Morgan fingerprint density at radius 3 is 2.64 bits per heavy atom. The number of carbonyl (C=O) groups is 1. The molecule has 2 bridgehead atoms. The first-order chi connectivity index (χ1) is 13.6. The minimum Gasteiger partial charge on any atom is -0.441 e. The Morgan fingerprint density at radius 1 is 1.14 bits per heavy atom. The van der Waals surface area contributed by atoms with E-state index in [1.807, 2.05) is 19.1 Å². The average Bonchev–Trinajstić information content (AvgIpc) is 3.22. The molecular weight excluding hydrogens is 354 g/mol. The van der Waals surface area contributed by atoms with Crippen LogP contribution in [0.1, 0.15) is 37.3 Å². The largest absolute Gasteiger partial charge is 0.441 e. The second kappa shape index (κ2) is 6.67. The molecule has 1 unspecified atom stereocenters. The molecule has 1 amide bonds. The lowest BCUT2D eigenvalue weighted by Crippen LogP contribution is -2.50. The maximum atomic E-state index is 13.0. The minimum absolute atomic E-state index is 0.154. The van der Waals surface area contributed by atoms with Crippen molar-refractivity contribution < 1.29 is 9.21 Å². The van der Waals surface area contributed by atoms with Gasteiger partial charge < -0.3 is 15.1 Å². The van der Waals surface area contributed by atoms with Gasteiger partial charge in [-0.15, -0.1) is 0 Å². The number of aromatic nitrogens is 3. The number of rotatable bonds is 3. The van der Waals surface area contributed by atoms with Crippen molar-refractivity contribution in [1.29, 1.82) is 0 Å². The predicted octanol–water partition coefficient (Wildman–Crippen LogP) is 2.62. The van der Waals surface area contributed by atoms with Gasteiger partial charge in [-0.3, -0.25) is 14.8 Å². The first kappa shape index (κ1) is 17.3. The Balaban J connectivity index is 1.39. The van der Waals surface area contributed by atoms with E-state index in [0.717, 1.165) is 47.8 Å². The number of nitrogens with zero attached hydrogens (tertiary/aromatic N) is 4. The van der Waals surface area contributed by atoms with Gasteiger partial charge >= 0.3 is 0 Å². The molecular formula is C21H23N5O2. The molecule has 2 fully saturated rings. The Labute approximate surface area is 163 Å². The number of hydrogen-bond donors (Lipinski definition) is 1. The van der Waals surface area contributed by atoms with Gasteiger partial charge in [-0.05, 0) is 37.8 Å². The third-order valence-electron chi connectivity index (χ3n) is 5.92. The first-order valence-electron chi connectivity index (χ1n) is 9.81. The van der Waals surface area contributed by atoms with Crippen LogP contribution in [0.2, 0.25) is 0 Å². The molecule has 3 aromatic heterocycles. The van der Waals surface area contributed by atoms with Crippen molar-refractivity contribution in [3.63, 3.8) is 0 Å². The van der Waals surface area contributed by atoms with Crippen LogP contribution in [0.5, 0.6) is 0 Å². The summed E-state index contributed by atoms with van der Waals surface area (Å²) in [6, 6.07) is 4.77. The third-order valence-corrected chi connectivity index (χ3v) is 5.92. The van der Waals surface area contributed by atoms with E-state index in [4.69, 9.17) is 10.2 Å². The summed E-state index contributed by atoms with van der Waals surface area (Å²) < 4.78 is 5.59. The summed E-state index contributed by atoms with van der Waals surface area (Å²) in [6.45, 7) is 1.81. The average molecular weight is 377 g/mol. The van der Waals surface area contributed by atoms with Crippen molar-refractivity contribution in [3.05, 3.63) is 42.3 Å². The van der Waals surface area contributed by atoms with Gasteiger partial charge in [0.05, 0.1) is 30.0 Å². The summed E-state index contributed by atoms with van der Waals surface area (Å²) >= 11 is 0. The molecule has 2 aliphatic heterocycles. The second-order valence-corrected chi connectivity index (χ2v) is 7.93. The molecule has 144 valence electrons. The van der Waals surface area contributed by atoms with E-state index in [-0.39, 0.29) is 11.9 Å². The van der Waals surface area contributed by atoms with E-state index in [1.54, 1.807) is 18.6 Å². The Kier molecular flexibility index (Phi) is 4.12. The van der Waals surface area contributed by atoms with Crippen LogP contribution in [-0.4, -0.2) is 43.9 Å². The quantitative estimate of drug-likeness (QED) is 0.753. The SMILES string of the molecule is Cc1ncc(-c2cnc3cnc(CC(=O)N4[C@@H]5CC[C@H]4CC(N)C5)cc3c2)o1. The van der Waals surface area contributed by atoms with Crippen LogP contribution in [0.4, 0.5) is 0 Å². The molecule has 7 heteroatoms. The Bertz CT molecular complexity index is 1030. The molecule has 0 spiro atoms. The molecule has 0 aromatic carbocycles. The molecule has 5 heterocycles. The zero-order valence-corrected chi connectivity index (χ0v) is 15.8. The summed E-state index contributed by atoms with van der Waals surface area (Å²) in [4.78, 5) is 28.1. The lowest BCUT2D eigenvalue weighted by Gasteiger charge is -2.37. The molecule has 3 aromatic rings. The van der Waals surface area contributed by atoms with Crippen molar-refractivity contribution in [1.82, 2.24) is 19.9 Å². The highest BCUT2D eigenvalue weighted by Gasteiger charge is 2.41. The van der Waals surface area contributed by atoms with E-state index in [9.17, 15) is 4.79 Å². The van der Waals surface area contributed by atoms with Crippen LogP contribution in [0.3, 0.4) is 0 Å². The monoisotopic (exact) mass is 377 g/mol. The second-order valence-electron chi connectivity index (χ2n) is 7.93. The molecule has 0 aliphatic carbocycles. The number of nitrogens with two attached hydrogens (primary N) is 1. The summed E-state index contributed by atoms with van der Waals surface area (Å²) in [5, 5.41) is 0.938. The number of fused-ring (bicyclic) bond motifs is 3. The van der Waals surface area contributed by atoms with E-state index >= 15 is 0 Å². The van der Waals surface area contributed by atoms with Crippen LogP contribution in [0.25, 0.3) is 22.2 Å². The van der Waals surface area contributed by atoms with Gasteiger partial charge in [-0.25, -0.2) is 4.98 Å². The fraction of sp³-hybridized carbons (Fsp3) is 0.429. The Hall–Kier alpha value is -2.80. The zero-order chi connectivity index (χ0) is 19.3. The number of oxazole rings is 1. The van der Waals surface area contributed by atoms with Crippen molar-refractivity contribution in [3.8, 4) is 11.3 Å². The number of hydrogen-bond acceptors (Lipinski definition) is 6. The highest BCUT2D eigenvalue weighted by atomic mass is 16.4. The molecule has 2 N–H and O–H groups in total. The molecule has 28 heavy (non-hydrogen) atoms. The predicted molar refractivity (Wildman–Crippen MR) is 104 cm³/mol. The number of aryl methyl sites for hydroxylation is 1. The standard InChI is InChI=1S/C21H23N5O2/c1-12-23-11-20(28-12)14-4-13-5-16(24-10-19(13)25-9-14)8-21(27)26-17-2-3-18(26)7-15(22)6-17/h4-5,9-11,15,17-18H,2-3,6-8,22H2,1H3/t15?,17-,18+. The lowest BCUT2D eigenvalue weighted by molar-refractivity contribution is -0.135. The van der Waals surface area contributed by atoms with Crippen LogP contribution >= 0.6 is 0 Å². The molecule has 5 rings (SSSR count). The van der Waals surface area contributed by atoms with Gasteiger partial charge in [0.15, 0.2) is 11.7 Å². The lowest BCUT2D eigenvalue weighted by atomic mass is 9.97. The van der Waals surface area contributed by atoms with E-state index in [0.29, 0.717) is 30.2 Å². The van der Waals surface area contributed by atoms with Crippen molar-refractivity contribution >= 4 is 16.8 Å². The highest BCUT2D eigenvalue weighted by molar-refractivity contribution is 5.84. The summed E-state index contributed by atoms with van der Waals surface area (Å²) in [7, 11) is 0. The summed E-state index contributed by atoms with van der Waals surface area (Å²) in [5.74, 6) is 1.45. The van der Waals surface area contributed by atoms with E-state index in [1.165, 1.54) is 0 Å². The summed E-state index contributed by atoms with van der Waals surface area (Å²) in [6.07, 6.45) is 9.45. The van der Waals surface area contributed by atoms with Gasteiger partial charge in [0, 0.05) is 42.2 Å². The topological polar surface area (TPSA) is 98.1 Å². The van der Waals surface area contributed by atoms with Gasteiger partial charge in [-0.2, -0.15) is 0 Å². The fourth-order valence-corrected chi connectivity index (χ4v) is 4.68. The van der Waals surface area contributed by atoms with Crippen molar-refractivity contribution in [2.24, 2.45) is 5.73 Å². The molecule has 0 saturated carbocycles. The van der Waals surface area contributed by atoms with E-state index in [2.05, 4.69) is 19.9 Å².